The number of nitrogens with zero attached hydrogens (tertiary/aromatic N) is 1. The highest BCUT2D eigenvalue weighted by molar-refractivity contribution is 6.31. The molecule has 1 N–H and O–H groups in total. The molecule has 0 saturated heterocycles. The summed E-state index contributed by atoms with van der Waals surface area (Å²) in [5, 5.41) is 3.47. The maximum absolute atomic E-state index is 12.6. The largest absolute Gasteiger partial charge is 0.495 e. The summed E-state index contributed by atoms with van der Waals surface area (Å²) in [5.74, 6) is 0.492. The predicted octanol–water partition coefficient (Wildman–Crippen LogP) is 3.71. The molecule has 0 aliphatic heterocycles. The maximum Gasteiger partial charge on any atom is 0.293 e. The number of aromatic nitrogens is 1. The summed E-state index contributed by atoms with van der Waals surface area (Å²) >= 11 is 6.02. The molecule has 0 bridgehead atoms. The van der Waals surface area contributed by atoms with Gasteiger partial charge in [0, 0.05) is 23.6 Å². The molecule has 1 heterocycles. The highest BCUT2D eigenvalue weighted by Crippen LogP contribution is 2.28. The Morgan fingerprint density at radius 3 is 2.75 bits per heavy atom. The zero-order chi connectivity index (χ0) is 17.1. The van der Waals surface area contributed by atoms with Gasteiger partial charge in [0.2, 0.25) is 6.04 Å². The van der Waals surface area contributed by atoms with E-state index in [0.29, 0.717) is 16.5 Å². The number of halogens is 1. The lowest BCUT2D eigenvalue weighted by atomic mass is 9.93. The Morgan fingerprint density at radius 1 is 1.25 bits per heavy atom. The normalized spacial score (nSPS) is 14.6. The van der Waals surface area contributed by atoms with Gasteiger partial charge in [-0.05, 0) is 49.4 Å². The first-order valence-corrected chi connectivity index (χ1v) is 8.63. The Hall–Kier alpha value is -2.07. The summed E-state index contributed by atoms with van der Waals surface area (Å²) < 4.78 is 7.25. The van der Waals surface area contributed by atoms with Gasteiger partial charge >= 0.3 is 0 Å². The number of benzene rings is 1. The second-order valence-electron chi connectivity index (χ2n) is 6.16. The van der Waals surface area contributed by atoms with Crippen molar-refractivity contribution in [3.05, 3.63) is 52.8 Å². The SMILES string of the molecule is COc1ccc(Cl)cc1NC(=O)[C@H](C)[n+]1ccc2c(c1)CCCC2. The Morgan fingerprint density at radius 2 is 2.00 bits per heavy atom. The molecule has 1 aromatic heterocycles. The van der Waals surface area contributed by atoms with Crippen LogP contribution in [0.2, 0.25) is 5.02 Å². The fourth-order valence-corrected chi connectivity index (χ4v) is 3.25. The van der Waals surface area contributed by atoms with E-state index >= 15 is 0 Å². The van der Waals surface area contributed by atoms with E-state index in [-0.39, 0.29) is 11.9 Å². The van der Waals surface area contributed by atoms with Gasteiger partial charge in [-0.1, -0.05) is 11.6 Å². The van der Waals surface area contributed by atoms with Crippen LogP contribution in [0.3, 0.4) is 0 Å². The second kappa shape index (κ2) is 7.22. The standard InChI is InChI=1S/C19H21ClN2O2/c1-13(22-10-9-14-5-3-4-6-15(14)12-22)19(23)21-17-11-16(20)7-8-18(17)24-2/h7-13H,3-6H2,1-2H3/p+1/t13-/m0/s1. The summed E-state index contributed by atoms with van der Waals surface area (Å²) in [7, 11) is 1.57. The molecule has 0 radical (unpaired) electrons. The van der Waals surface area contributed by atoms with Crippen LogP contribution in [0.4, 0.5) is 5.69 Å². The molecule has 4 nitrogen and oxygen atoms in total. The maximum atomic E-state index is 12.6. The number of carbonyl (C=O) groups excluding carboxylic acids is 1. The molecule has 1 aliphatic carbocycles. The summed E-state index contributed by atoms with van der Waals surface area (Å²) in [6.07, 6.45) is 8.79. The van der Waals surface area contributed by atoms with Gasteiger partial charge in [-0.2, -0.15) is 4.57 Å². The van der Waals surface area contributed by atoms with Crippen molar-refractivity contribution in [3.8, 4) is 5.75 Å². The first-order chi connectivity index (χ1) is 11.6. The van der Waals surface area contributed by atoms with E-state index in [4.69, 9.17) is 16.3 Å². The van der Waals surface area contributed by atoms with Gasteiger partial charge in [0.25, 0.3) is 5.91 Å². The number of hydrogen-bond acceptors (Lipinski definition) is 2. The number of carbonyl (C=O) groups is 1. The predicted molar refractivity (Wildman–Crippen MR) is 94.6 cm³/mol. The number of pyridine rings is 1. The van der Waals surface area contributed by atoms with E-state index in [9.17, 15) is 4.79 Å². The van der Waals surface area contributed by atoms with Gasteiger partial charge in [-0.25, -0.2) is 0 Å². The summed E-state index contributed by atoms with van der Waals surface area (Å²) in [4.78, 5) is 12.6. The van der Waals surface area contributed by atoms with Crippen LogP contribution in [0.15, 0.2) is 36.7 Å². The number of fused-ring (bicyclic) bond motifs is 1. The molecule has 1 aliphatic rings. The highest BCUT2D eigenvalue weighted by Gasteiger charge is 2.25. The van der Waals surface area contributed by atoms with Crippen LogP contribution < -0.4 is 14.6 Å². The quantitative estimate of drug-likeness (QED) is 0.858. The Balaban J connectivity index is 1.79. The lowest BCUT2D eigenvalue weighted by molar-refractivity contribution is -0.706. The third kappa shape index (κ3) is 3.54. The van der Waals surface area contributed by atoms with Crippen LogP contribution >= 0.6 is 11.6 Å². The van der Waals surface area contributed by atoms with E-state index in [1.807, 2.05) is 17.7 Å². The van der Waals surface area contributed by atoms with E-state index < -0.39 is 0 Å². The Labute approximate surface area is 147 Å². The van der Waals surface area contributed by atoms with Crippen molar-refractivity contribution in [1.82, 2.24) is 0 Å². The molecule has 5 heteroatoms. The van der Waals surface area contributed by atoms with Gasteiger partial charge in [0.05, 0.1) is 12.8 Å². The van der Waals surface area contributed by atoms with Crippen molar-refractivity contribution in [2.45, 2.75) is 38.6 Å². The third-order valence-corrected chi connectivity index (χ3v) is 4.79. The fraction of sp³-hybridized carbons (Fsp3) is 0.368. The van der Waals surface area contributed by atoms with E-state index in [2.05, 4.69) is 17.6 Å². The fourth-order valence-electron chi connectivity index (χ4n) is 3.08. The smallest absolute Gasteiger partial charge is 0.293 e. The minimum atomic E-state index is -0.319. The molecule has 2 aromatic rings. The number of hydrogen-bond donors (Lipinski definition) is 1. The van der Waals surface area contributed by atoms with Gasteiger partial charge in [-0.3, -0.25) is 4.79 Å². The van der Waals surface area contributed by atoms with Crippen molar-refractivity contribution in [1.29, 1.82) is 0 Å². The van der Waals surface area contributed by atoms with E-state index in [1.165, 1.54) is 24.0 Å². The molecule has 126 valence electrons. The average Bonchev–Trinajstić information content (AvgIpc) is 2.61. The van der Waals surface area contributed by atoms with Crippen LogP contribution in [0.5, 0.6) is 5.75 Å². The molecule has 1 atom stereocenters. The van der Waals surface area contributed by atoms with Gasteiger partial charge in [-0.15, -0.1) is 0 Å². The first kappa shape index (κ1) is 16.8. The Kier molecular flexibility index (Phi) is 5.05. The molecule has 0 saturated carbocycles. The van der Waals surface area contributed by atoms with Crippen molar-refractivity contribution in [2.75, 3.05) is 12.4 Å². The number of aryl methyl sites for hydroxylation is 2. The van der Waals surface area contributed by atoms with E-state index in [1.54, 1.807) is 25.3 Å². The van der Waals surface area contributed by atoms with Crippen LogP contribution in [0, 0.1) is 0 Å². The minimum absolute atomic E-state index is 0.101. The highest BCUT2D eigenvalue weighted by atomic mass is 35.5. The lowest BCUT2D eigenvalue weighted by Crippen LogP contribution is -2.44. The molecule has 3 rings (SSSR count). The number of amides is 1. The minimum Gasteiger partial charge on any atom is -0.495 e. The number of ether oxygens (including phenoxy) is 1. The van der Waals surface area contributed by atoms with Crippen molar-refractivity contribution in [3.63, 3.8) is 0 Å². The average molecular weight is 346 g/mol. The number of methoxy groups -OCH3 is 1. The number of rotatable bonds is 4. The number of anilines is 1. The lowest BCUT2D eigenvalue weighted by Gasteiger charge is -2.16. The second-order valence-corrected chi connectivity index (χ2v) is 6.60. The summed E-state index contributed by atoms with van der Waals surface area (Å²) in [5.41, 5.74) is 3.34. The molecule has 24 heavy (non-hydrogen) atoms. The molecule has 0 unspecified atom stereocenters. The zero-order valence-electron chi connectivity index (χ0n) is 14.0. The van der Waals surface area contributed by atoms with Crippen LogP contribution in [0.1, 0.15) is 36.9 Å². The van der Waals surface area contributed by atoms with E-state index in [0.717, 1.165) is 12.8 Å². The number of nitrogens with one attached hydrogen (secondary N) is 1. The topological polar surface area (TPSA) is 42.2 Å². The molecular formula is C19H22ClN2O2+. The molecule has 0 spiro atoms. The van der Waals surface area contributed by atoms with Gasteiger partial charge in [0.1, 0.15) is 5.75 Å². The molecule has 1 aromatic carbocycles. The molecular weight excluding hydrogens is 324 g/mol. The van der Waals surface area contributed by atoms with Crippen LogP contribution in [-0.2, 0) is 17.6 Å². The van der Waals surface area contributed by atoms with Crippen molar-refractivity contribution in [2.24, 2.45) is 0 Å². The molecule has 0 fully saturated rings. The van der Waals surface area contributed by atoms with Gasteiger partial charge in [0.15, 0.2) is 12.4 Å². The Bertz CT molecular complexity index is 761. The third-order valence-electron chi connectivity index (χ3n) is 4.55. The summed E-state index contributed by atoms with van der Waals surface area (Å²) in [6, 6.07) is 6.99. The van der Waals surface area contributed by atoms with Crippen molar-refractivity contribution >= 4 is 23.2 Å². The zero-order valence-corrected chi connectivity index (χ0v) is 14.8. The van der Waals surface area contributed by atoms with Gasteiger partial charge < -0.3 is 10.1 Å². The van der Waals surface area contributed by atoms with Crippen molar-refractivity contribution < 1.29 is 14.1 Å². The summed E-state index contributed by atoms with van der Waals surface area (Å²) in [6.45, 7) is 1.89. The van der Waals surface area contributed by atoms with Crippen LogP contribution in [0.25, 0.3) is 0 Å². The van der Waals surface area contributed by atoms with Crippen LogP contribution in [-0.4, -0.2) is 13.0 Å². The molecule has 1 amide bonds. The monoisotopic (exact) mass is 345 g/mol. The first-order valence-electron chi connectivity index (χ1n) is 8.25.